The van der Waals surface area contributed by atoms with Crippen LogP contribution in [0.2, 0.25) is 0 Å². The third-order valence-corrected chi connectivity index (χ3v) is 3.64. The molecule has 0 aromatic rings. The Labute approximate surface area is 115 Å². The molecule has 0 bridgehead atoms. The van der Waals surface area contributed by atoms with Crippen LogP contribution in [0.1, 0.15) is 46.0 Å². The molecular formula is C12H25NO2S2. The molecule has 0 fully saturated rings. The Hall–Kier alpha value is 0.130. The van der Waals surface area contributed by atoms with E-state index in [1.807, 2.05) is 6.92 Å². The summed E-state index contributed by atoms with van der Waals surface area (Å²) in [7, 11) is 0. The first kappa shape index (κ1) is 17.1. The fraction of sp³-hybridized carbons (Fsp3) is 0.917. The van der Waals surface area contributed by atoms with Crippen molar-refractivity contribution < 1.29 is 9.53 Å². The van der Waals surface area contributed by atoms with Gasteiger partial charge in [-0.15, -0.1) is 0 Å². The summed E-state index contributed by atoms with van der Waals surface area (Å²) in [5.41, 5.74) is 0. The van der Waals surface area contributed by atoms with Gasteiger partial charge in [0.1, 0.15) is 6.04 Å². The van der Waals surface area contributed by atoms with Crippen LogP contribution >= 0.6 is 24.6 Å². The van der Waals surface area contributed by atoms with Crippen LogP contribution in [0.25, 0.3) is 0 Å². The number of ether oxygens (including phenoxy) is 1. The van der Waals surface area contributed by atoms with Crippen LogP contribution in [0, 0.1) is 0 Å². The van der Waals surface area contributed by atoms with Gasteiger partial charge in [-0.2, -0.15) is 12.6 Å². The highest BCUT2D eigenvalue weighted by molar-refractivity contribution is 7.97. The molecule has 0 heterocycles. The second kappa shape index (κ2) is 12.6. The minimum atomic E-state index is -0.293. The number of carbonyl (C=O) groups excluding carboxylic acids is 1. The summed E-state index contributed by atoms with van der Waals surface area (Å²) in [6, 6.07) is -0.293. The van der Waals surface area contributed by atoms with E-state index in [2.05, 4.69) is 24.3 Å². The average Bonchev–Trinajstić information content (AvgIpc) is 2.33. The van der Waals surface area contributed by atoms with E-state index in [0.717, 1.165) is 5.75 Å². The molecule has 0 saturated heterocycles. The number of thiol groups is 1. The number of rotatable bonds is 11. The predicted octanol–water partition coefficient (Wildman–Crippen LogP) is 3.06. The van der Waals surface area contributed by atoms with Crippen LogP contribution in [-0.2, 0) is 9.53 Å². The molecule has 0 amide bonds. The zero-order valence-electron chi connectivity index (χ0n) is 10.9. The van der Waals surface area contributed by atoms with Gasteiger partial charge in [-0.3, -0.25) is 4.79 Å². The average molecular weight is 279 g/mol. The molecule has 1 N–H and O–H groups in total. The third-order valence-electron chi connectivity index (χ3n) is 2.33. The van der Waals surface area contributed by atoms with Gasteiger partial charge in [0.05, 0.1) is 6.61 Å². The highest BCUT2D eigenvalue weighted by Gasteiger charge is 2.16. The number of esters is 1. The SMILES string of the molecule is CCCCCCCSN[C@@H](CS)C(=O)OCC. The van der Waals surface area contributed by atoms with Crippen LogP contribution in [0.5, 0.6) is 0 Å². The number of carbonyl (C=O) groups is 1. The lowest BCUT2D eigenvalue weighted by Crippen LogP contribution is -2.35. The zero-order valence-corrected chi connectivity index (χ0v) is 12.6. The third kappa shape index (κ3) is 9.80. The Kier molecular flexibility index (Phi) is 12.7. The van der Waals surface area contributed by atoms with E-state index < -0.39 is 0 Å². The van der Waals surface area contributed by atoms with Gasteiger partial charge in [-0.25, -0.2) is 4.72 Å². The van der Waals surface area contributed by atoms with Crippen molar-refractivity contribution in [1.82, 2.24) is 4.72 Å². The highest BCUT2D eigenvalue weighted by Crippen LogP contribution is 2.08. The van der Waals surface area contributed by atoms with Gasteiger partial charge in [0.15, 0.2) is 0 Å². The molecule has 0 aromatic carbocycles. The Morgan fingerprint density at radius 2 is 2.00 bits per heavy atom. The zero-order chi connectivity index (χ0) is 12.9. The van der Waals surface area contributed by atoms with E-state index in [1.165, 1.54) is 32.1 Å². The number of nitrogens with one attached hydrogen (secondary N) is 1. The van der Waals surface area contributed by atoms with Gasteiger partial charge in [-0.1, -0.05) is 44.6 Å². The molecular weight excluding hydrogens is 254 g/mol. The van der Waals surface area contributed by atoms with E-state index in [-0.39, 0.29) is 12.0 Å². The monoisotopic (exact) mass is 279 g/mol. The Balaban J connectivity index is 3.46. The topological polar surface area (TPSA) is 38.3 Å². The van der Waals surface area contributed by atoms with Crippen LogP contribution in [0.4, 0.5) is 0 Å². The molecule has 0 spiro atoms. The fourth-order valence-corrected chi connectivity index (χ4v) is 2.55. The predicted molar refractivity (Wildman–Crippen MR) is 78.6 cm³/mol. The number of hydrogen-bond donors (Lipinski definition) is 2. The molecule has 17 heavy (non-hydrogen) atoms. The van der Waals surface area contributed by atoms with Crippen molar-refractivity contribution in [2.45, 2.75) is 52.0 Å². The van der Waals surface area contributed by atoms with Crippen molar-refractivity contribution in [3.63, 3.8) is 0 Å². The summed E-state index contributed by atoms with van der Waals surface area (Å²) < 4.78 is 8.05. The van der Waals surface area contributed by atoms with Crippen LogP contribution in [0.3, 0.4) is 0 Å². The molecule has 5 heteroatoms. The van der Waals surface area contributed by atoms with Gasteiger partial charge in [0, 0.05) is 11.5 Å². The van der Waals surface area contributed by atoms with E-state index in [0.29, 0.717) is 12.4 Å². The standard InChI is InChI=1S/C12H25NO2S2/c1-3-5-6-7-8-9-17-13-11(10-16)12(14)15-4-2/h11,13,16H,3-10H2,1-2H3/t11-/m0/s1. The Morgan fingerprint density at radius 3 is 2.59 bits per heavy atom. The van der Waals surface area contributed by atoms with Gasteiger partial charge in [0.25, 0.3) is 0 Å². The van der Waals surface area contributed by atoms with E-state index >= 15 is 0 Å². The van der Waals surface area contributed by atoms with Gasteiger partial charge >= 0.3 is 5.97 Å². The van der Waals surface area contributed by atoms with Gasteiger partial charge < -0.3 is 4.74 Å². The Morgan fingerprint density at radius 1 is 1.29 bits per heavy atom. The molecule has 0 saturated carbocycles. The van der Waals surface area contributed by atoms with Crippen molar-refractivity contribution in [2.75, 3.05) is 18.1 Å². The minimum Gasteiger partial charge on any atom is -0.465 e. The van der Waals surface area contributed by atoms with E-state index in [1.54, 1.807) is 11.9 Å². The van der Waals surface area contributed by atoms with Crippen molar-refractivity contribution in [1.29, 1.82) is 0 Å². The molecule has 102 valence electrons. The van der Waals surface area contributed by atoms with Gasteiger partial charge in [0.2, 0.25) is 0 Å². The largest absolute Gasteiger partial charge is 0.465 e. The maximum Gasteiger partial charge on any atom is 0.324 e. The van der Waals surface area contributed by atoms with Gasteiger partial charge in [-0.05, 0) is 13.3 Å². The first-order valence-electron chi connectivity index (χ1n) is 6.41. The molecule has 0 aliphatic heterocycles. The smallest absolute Gasteiger partial charge is 0.324 e. The van der Waals surface area contributed by atoms with Crippen molar-refractivity contribution in [2.24, 2.45) is 0 Å². The lowest BCUT2D eigenvalue weighted by molar-refractivity contribution is -0.144. The molecule has 3 nitrogen and oxygen atoms in total. The molecule has 0 aliphatic carbocycles. The highest BCUT2D eigenvalue weighted by atomic mass is 32.2. The first-order chi connectivity index (χ1) is 8.26. The molecule has 0 radical (unpaired) electrons. The summed E-state index contributed by atoms with van der Waals surface area (Å²) >= 11 is 5.74. The lowest BCUT2D eigenvalue weighted by atomic mass is 10.2. The van der Waals surface area contributed by atoms with Crippen LogP contribution in [0.15, 0.2) is 0 Å². The molecule has 0 aliphatic rings. The van der Waals surface area contributed by atoms with Crippen LogP contribution in [-0.4, -0.2) is 30.1 Å². The Bertz CT molecular complexity index is 191. The first-order valence-corrected chi connectivity index (χ1v) is 8.02. The maximum absolute atomic E-state index is 11.4. The summed E-state index contributed by atoms with van der Waals surface area (Å²) in [6.45, 7) is 4.45. The maximum atomic E-state index is 11.4. The van der Waals surface area contributed by atoms with E-state index in [9.17, 15) is 4.79 Å². The summed E-state index contributed by atoms with van der Waals surface area (Å²) in [4.78, 5) is 11.4. The quantitative estimate of drug-likeness (QED) is 0.264. The number of hydrogen-bond acceptors (Lipinski definition) is 5. The minimum absolute atomic E-state index is 0.207. The summed E-state index contributed by atoms with van der Waals surface area (Å²) in [5, 5.41) is 0. The normalized spacial score (nSPS) is 12.4. The molecule has 0 aromatic heterocycles. The van der Waals surface area contributed by atoms with Crippen molar-refractivity contribution in [3.05, 3.63) is 0 Å². The second-order valence-electron chi connectivity index (χ2n) is 3.87. The summed E-state index contributed by atoms with van der Waals surface area (Å²) in [5.74, 6) is 1.30. The van der Waals surface area contributed by atoms with Crippen molar-refractivity contribution in [3.8, 4) is 0 Å². The second-order valence-corrected chi connectivity index (χ2v) is 5.17. The van der Waals surface area contributed by atoms with Crippen molar-refractivity contribution >= 4 is 30.5 Å². The summed E-state index contributed by atoms with van der Waals surface area (Å²) in [6.07, 6.45) is 6.37. The fourth-order valence-electron chi connectivity index (χ4n) is 1.34. The van der Waals surface area contributed by atoms with Crippen LogP contribution < -0.4 is 4.72 Å². The molecule has 0 rings (SSSR count). The molecule has 1 atom stereocenters. The van der Waals surface area contributed by atoms with E-state index in [4.69, 9.17) is 4.74 Å². The molecule has 0 unspecified atom stereocenters. The number of unbranched alkanes of at least 4 members (excludes halogenated alkanes) is 4. The lowest BCUT2D eigenvalue weighted by Gasteiger charge is -2.14.